The molecule has 2 atom stereocenters. The number of benzene rings is 2. The van der Waals surface area contributed by atoms with Crippen LogP contribution in [0, 0.1) is 13.8 Å². The molecule has 1 saturated heterocycles. The number of hydrogen-bond acceptors (Lipinski definition) is 3. The normalized spacial score (nSPS) is 20.9. The number of nitrogens with one attached hydrogen (secondary N) is 1. The third-order valence-corrected chi connectivity index (χ3v) is 7.01. The van der Waals surface area contributed by atoms with Crippen molar-refractivity contribution in [1.82, 2.24) is 10.3 Å². The molecule has 1 aromatic heterocycles. The molecule has 3 nitrogen and oxygen atoms in total. The number of piperidine rings is 1. The Morgan fingerprint density at radius 2 is 1.94 bits per heavy atom. The molecular formula is C27H29ClN2O. The number of halogens is 1. The van der Waals surface area contributed by atoms with Gasteiger partial charge in [0, 0.05) is 16.5 Å². The second-order valence-corrected chi connectivity index (χ2v) is 9.49. The molecule has 0 radical (unpaired) electrons. The summed E-state index contributed by atoms with van der Waals surface area (Å²) in [7, 11) is 0. The number of aliphatic hydroxyl groups is 1. The second kappa shape index (κ2) is 8.38. The van der Waals surface area contributed by atoms with Gasteiger partial charge in [0.2, 0.25) is 0 Å². The number of pyridine rings is 1. The number of aromatic nitrogens is 1. The van der Waals surface area contributed by atoms with Crippen molar-refractivity contribution in [2.45, 2.75) is 58.1 Å². The van der Waals surface area contributed by atoms with Gasteiger partial charge in [0.25, 0.3) is 0 Å². The average molecular weight is 433 g/mol. The maximum atomic E-state index is 11.6. The van der Waals surface area contributed by atoms with Crippen molar-refractivity contribution in [1.29, 1.82) is 0 Å². The first-order chi connectivity index (χ1) is 15.0. The average Bonchev–Trinajstić information content (AvgIpc) is 3.16. The summed E-state index contributed by atoms with van der Waals surface area (Å²) < 4.78 is 0. The molecular weight excluding hydrogens is 404 g/mol. The van der Waals surface area contributed by atoms with E-state index in [4.69, 9.17) is 16.6 Å². The van der Waals surface area contributed by atoms with Crippen molar-refractivity contribution >= 4 is 34.2 Å². The fourth-order valence-electron chi connectivity index (χ4n) is 5.27. The minimum absolute atomic E-state index is 0.105. The Labute approximate surface area is 189 Å². The van der Waals surface area contributed by atoms with E-state index in [1.54, 1.807) is 0 Å². The van der Waals surface area contributed by atoms with Crippen LogP contribution in [0.15, 0.2) is 36.4 Å². The highest BCUT2D eigenvalue weighted by atomic mass is 35.5. The first-order valence-electron chi connectivity index (χ1n) is 11.3. The van der Waals surface area contributed by atoms with Crippen LogP contribution in [-0.2, 0) is 6.42 Å². The van der Waals surface area contributed by atoms with Gasteiger partial charge in [0.1, 0.15) is 0 Å². The van der Waals surface area contributed by atoms with E-state index in [2.05, 4.69) is 37.4 Å². The van der Waals surface area contributed by atoms with Crippen LogP contribution < -0.4 is 5.32 Å². The van der Waals surface area contributed by atoms with Gasteiger partial charge in [-0.25, -0.2) is 4.98 Å². The molecule has 160 valence electrons. The second-order valence-electron chi connectivity index (χ2n) is 9.05. The van der Waals surface area contributed by atoms with Gasteiger partial charge in [-0.2, -0.15) is 0 Å². The standard InChI is InChI=1S/C27H29ClN2O/c1-16-13-17(2)25-22(14-16)24(27(31)23-5-3-4-12-29-23)21-11-8-19(26(21)30-25)15-18-6-9-20(28)10-7-18/h6-7,9-10,13-15,23,27,29,31H,3-5,8,11-12H2,1-2H3/b19-15+/t23-,27+/m0/s1. The van der Waals surface area contributed by atoms with Gasteiger partial charge in [-0.05, 0) is 98.2 Å². The lowest BCUT2D eigenvalue weighted by molar-refractivity contribution is 0.114. The van der Waals surface area contributed by atoms with Crippen LogP contribution >= 0.6 is 11.6 Å². The van der Waals surface area contributed by atoms with Crippen LogP contribution in [0.4, 0.5) is 0 Å². The number of aliphatic hydroxyl groups excluding tert-OH is 1. The number of allylic oxidation sites excluding steroid dienone is 1. The monoisotopic (exact) mass is 432 g/mol. The zero-order valence-corrected chi connectivity index (χ0v) is 19.0. The SMILES string of the molecule is Cc1cc(C)c2nc3c(c([C@H](O)[C@@H]4CCCCN4)c2c1)CC/C3=C\c1ccc(Cl)cc1. The third-order valence-electron chi connectivity index (χ3n) is 6.75. The Kier molecular flexibility index (Phi) is 5.60. The van der Waals surface area contributed by atoms with Gasteiger partial charge < -0.3 is 10.4 Å². The molecule has 0 bridgehead atoms. The fourth-order valence-corrected chi connectivity index (χ4v) is 5.39. The summed E-state index contributed by atoms with van der Waals surface area (Å²) in [6.45, 7) is 5.23. The zero-order valence-electron chi connectivity index (χ0n) is 18.2. The molecule has 5 rings (SSSR count). The van der Waals surface area contributed by atoms with Gasteiger partial charge in [-0.1, -0.05) is 41.8 Å². The summed E-state index contributed by atoms with van der Waals surface area (Å²) in [6.07, 6.45) is 6.93. The van der Waals surface area contributed by atoms with E-state index in [-0.39, 0.29) is 6.04 Å². The van der Waals surface area contributed by atoms with Crippen LogP contribution in [0.5, 0.6) is 0 Å². The topological polar surface area (TPSA) is 45.2 Å². The minimum Gasteiger partial charge on any atom is -0.387 e. The summed E-state index contributed by atoms with van der Waals surface area (Å²) in [5.74, 6) is 0. The van der Waals surface area contributed by atoms with Crippen molar-refractivity contribution in [2.24, 2.45) is 0 Å². The first kappa shape index (κ1) is 20.7. The van der Waals surface area contributed by atoms with E-state index < -0.39 is 6.10 Å². The lowest BCUT2D eigenvalue weighted by Crippen LogP contribution is -2.39. The van der Waals surface area contributed by atoms with Crippen molar-refractivity contribution in [3.8, 4) is 0 Å². The Bertz CT molecular complexity index is 1160. The lowest BCUT2D eigenvalue weighted by Gasteiger charge is -2.30. The van der Waals surface area contributed by atoms with Crippen molar-refractivity contribution in [3.63, 3.8) is 0 Å². The summed E-state index contributed by atoms with van der Waals surface area (Å²) in [5.41, 5.74) is 9.13. The number of rotatable bonds is 3. The van der Waals surface area contributed by atoms with Crippen LogP contribution in [0.25, 0.3) is 22.6 Å². The summed E-state index contributed by atoms with van der Waals surface area (Å²) >= 11 is 6.07. The third kappa shape index (κ3) is 3.91. The maximum Gasteiger partial charge on any atom is 0.0952 e. The molecule has 2 aromatic carbocycles. The number of aryl methyl sites for hydroxylation is 2. The Hall–Kier alpha value is -2.20. The van der Waals surface area contributed by atoms with Gasteiger partial charge in [0.05, 0.1) is 17.3 Å². The molecule has 2 N–H and O–H groups in total. The largest absolute Gasteiger partial charge is 0.387 e. The van der Waals surface area contributed by atoms with Crippen LogP contribution in [0.2, 0.25) is 5.02 Å². The number of nitrogens with zero attached hydrogens (tertiary/aromatic N) is 1. The van der Waals surface area contributed by atoms with E-state index in [0.29, 0.717) is 0 Å². The summed E-state index contributed by atoms with van der Waals surface area (Å²) in [4.78, 5) is 5.15. The molecule has 0 unspecified atom stereocenters. The van der Waals surface area contributed by atoms with E-state index in [9.17, 15) is 5.11 Å². The molecule has 1 aliphatic heterocycles. The molecule has 4 heteroatoms. The first-order valence-corrected chi connectivity index (χ1v) is 11.7. The van der Waals surface area contributed by atoms with E-state index >= 15 is 0 Å². The lowest BCUT2D eigenvalue weighted by atomic mass is 9.88. The van der Waals surface area contributed by atoms with E-state index in [0.717, 1.165) is 58.6 Å². The minimum atomic E-state index is -0.518. The molecule has 2 heterocycles. The van der Waals surface area contributed by atoms with Crippen LogP contribution in [0.3, 0.4) is 0 Å². The highest BCUT2D eigenvalue weighted by molar-refractivity contribution is 6.30. The van der Waals surface area contributed by atoms with Crippen LogP contribution in [-0.4, -0.2) is 22.7 Å². The van der Waals surface area contributed by atoms with Crippen molar-refractivity contribution < 1.29 is 5.11 Å². The van der Waals surface area contributed by atoms with E-state index in [1.165, 1.54) is 35.1 Å². The Morgan fingerprint density at radius 3 is 2.68 bits per heavy atom. The molecule has 3 aromatic rings. The molecule has 0 saturated carbocycles. The molecule has 31 heavy (non-hydrogen) atoms. The van der Waals surface area contributed by atoms with Gasteiger partial charge in [-0.15, -0.1) is 0 Å². The van der Waals surface area contributed by atoms with Gasteiger partial charge in [0.15, 0.2) is 0 Å². The highest BCUT2D eigenvalue weighted by Crippen LogP contribution is 2.42. The predicted molar refractivity (Wildman–Crippen MR) is 129 cm³/mol. The van der Waals surface area contributed by atoms with Gasteiger partial charge >= 0.3 is 0 Å². The summed E-state index contributed by atoms with van der Waals surface area (Å²) in [5, 5.41) is 17.0. The molecule has 0 amide bonds. The molecule has 1 aliphatic carbocycles. The van der Waals surface area contributed by atoms with Gasteiger partial charge in [-0.3, -0.25) is 0 Å². The van der Waals surface area contributed by atoms with Crippen molar-refractivity contribution in [2.75, 3.05) is 6.54 Å². The number of hydrogen-bond donors (Lipinski definition) is 2. The zero-order chi connectivity index (χ0) is 21.5. The fraction of sp³-hybridized carbons (Fsp3) is 0.370. The van der Waals surface area contributed by atoms with Crippen molar-refractivity contribution in [3.05, 3.63) is 74.9 Å². The molecule has 2 aliphatic rings. The maximum absolute atomic E-state index is 11.6. The smallest absolute Gasteiger partial charge is 0.0952 e. The van der Waals surface area contributed by atoms with Crippen LogP contribution in [0.1, 0.15) is 65.3 Å². The Balaban J connectivity index is 1.69. The van der Waals surface area contributed by atoms with E-state index in [1.807, 2.05) is 24.3 Å². The Morgan fingerprint density at radius 1 is 1.13 bits per heavy atom. The molecule has 1 fully saturated rings. The highest BCUT2D eigenvalue weighted by Gasteiger charge is 2.31. The summed E-state index contributed by atoms with van der Waals surface area (Å²) in [6, 6.07) is 12.4. The predicted octanol–water partition coefficient (Wildman–Crippen LogP) is 6.17. The number of fused-ring (bicyclic) bond motifs is 2. The molecule has 0 spiro atoms. The quantitative estimate of drug-likeness (QED) is 0.520.